The maximum atomic E-state index is 12.7. The fraction of sp³-hybridized carbons (Fsp3) is 0.933. The molecule has 3 heteroatoms. The molecule has 1 saturated carbocycles. The molecule has 1 saturated heterocycles. The van der Waals surface area contributed by atoms with Crippen molar-refractivity contribution < 1.29 is 4.79 Å². The zero-order valence-electron chi connectivity index (χ0n) is 11.9. The molecule has 1 unspecified atom stereocenters. The summed E-state index contributed by atoms with van der Waals surface area (Å²) in [5, 5.41) is 0. The Morgan fingerprint density at radius 3 is 2.72 bits per heavy atom. The van der Waals surface area contributed by atoms with Crippen molar-refractivity contribution in [2.24, 2.45) is 23.5 Å². The molecular formula is C15H28N2O. The molecule has 2 N–H and O–H groups in total. The molecule has 1 aliphatic heterocycles. The van der Waals surface area contributed by atoms with E-state index in [1.54, 1.807) is 0 Å². The molecule has 0 aromatic rings. The first-order valence-corrected chi connectivity index (χ1v) is 7.64. The first-order chi connectivity index (χ1) is 8.63. The molecule has 0 aromatic carbocycles. The first-order valence-electron chi connectivity index (χ1n) is 7.64. The molecule has 104 valence electrons. The Morgan fingerprint density at radius 1 is 1.28 bits per heavy atom. The Bertz CT molecular complexity index is 290. The molecule has 1 aliphatic carbocycles. The molecule has 2 fully saturated rings. The van der Waals surface area contributed by atoms with E-state index < -0.39 is 0 Å². The quantitative estimate of drug-likeness (QED) is 0.835. The van der Waals surface area contributed by atoms with Gasteiger partial charge in [-0.25, -0.2) is 0 Å². The third kappa shape index (κ3) is 2.87. The highest BCUT2D eigenvalue weighted by atomic mass is 16.2. The van der Waals surface area contributed by atoms with Gasteiger partial charge in [-0.15, -0.1) is 0 Å². The van der Waals surface area contributed by atoms with Crippen LogP contribution >= 0.6 is 0 Å². The van der Waals surface area contributed by atoms with Crippen LogP contribution in [0.25, 0.3) is 0 Å². The van der Waals surface area contributed by atoms with Gasteiger partial charge in [0.1, 0.15) is 0 Å². The van der Waals surface area contributed by atoms with Crippen LogP contribution in [0, 0.1) is 17.8 Å². The molecular weight excluding hydrogens is 224 g/mol. The lowest BCUT2D eigenvalue weighted by Crippen LogP contribution is -2.42. The Morgan fingerprint density at radius 2 is 2.06 bits per heavy atom. The number of carbonyl (C=O) groups excluding carboxylic acids is 1. The number of hydrogen-bond acceptors (Lipinski definition) is 2. The van der Waals surface area contributed by atoms with Crippen molar-refractivity contribution in [1.29, 1.82) is 0 Å². The van der Waals surface area contributed by atoms with Gasteiger partial charge >= 0.3 is 0 Å². The third-order valence-electron chi connectivity index (χ3n) is 4.68. The number of likely N-dealkylation sites (tertiary alicyclic amines) is 1. The lowest BCUT2D eigenvalue weighted by atomic mass is 9.93. The summed E-state index contributed by atoms with van der Waals surface area (Å²) in [6.07, 6.45) is 6.93. The van der Waals surface area contributed by atoms with Gasteiger partial charge in [-0.1, -0.05) is 20.3 Å². The maximum Gasteiger partial charge on any atom is 0.226 e. The van der Waals surface area contributed by atoms with Crippen molar-refractivity contribution in [2.45, 2.75) is 58.4 Å². The van der Waals surface area contributed by atoms with Crippen LogP contribution in [-0.4, -0.2) is 29.9 Å². The number of amides is 1. The summed E-state index contributed by atoms with van der Waals surface area (Å²) in [4.78, 5) is 14.9. The number of rotatable bonds is 4. The van der Waals surface area contributed by atoms with Crippen LogP contribution in [0.1, 0.15) is 52.4 Å². The van der Waals surface area contributed by atoms with E-state index in [1.165, 1.54) is 19.3 Å². The molecule has 18 heavy (non-hydrogen) atoms. The second-order valence-electron chi connectivity index (χ2n) is 6.49. The summed E-state index contributed by atoms with van der Waals surface area (Å²) in [5.74, 6) is 1.75. The average molecular weight is 252 g/mol. The van der Waals surface area contributed by atoms with Gasteiger partial charge < -0.3 is 10.6 Å². The lowest BCUT2D eigenvalue weighted by Gasteiger charge is -2.30. The Kier molecular flexibility index (Phi) is 4.66. The van der Waals surface area contributed by atoms with E-state index in [-0.39, 0.29) is 5.92 Å². The molecule has 0 aromatic heterocycles. The van der Waals surface area contributed by atoms with Crippen molar-refractivity contribution in [2.75, 3.05) is 13.1 Å². The summed E-state index contributed by atoms with van der Waals surface area (Å²) in [5.41, 5.74) is 5.81. The van der Waals surface area contributed by atoms with Crippen molar-refractivity contribution in [3.63, 3.8) is 0 Å². The Labute approximate surface area is 111 Å². The molecule has 0 radical (unpaired) electrons. The van der Waals surface area contributed by atoms with Gasteiger partial charge in [0.2, 0.25) is 5.91 Å². The van der Waals surface area contributed by atoms with Crippen molar-refractivity contribution in [1.82, 2.24) is 4.90 Å². The summed E-state index contributed by atoms with van der Waals surface area (Å²) in [6, 6.07) is 0.497. The largest absolute Gasteiger partial charge is 0.339 e. The Hall–Kier alpha value is -0.570. The third-order valence-corrected chi connectivity index (χ3v) is 4.68. The minimum absolute atomic E-state index is 0.225. The normalized spacial score (nSPS) is 32.4. The average Bonchev–Trinajstić information content (AvgIpc) is 2.95. The van der Waals surface area contributed by atoms with E-state index >= 15 is 0 Å². The topological polar surface area (TPSA) is 46.3 Å². The molecule has 1 amide bonds. The molecule has 0 bridgehead atoms. The van der Waals surface area contributed by atoms with Gasteiger partial charge in [0, 0.05) is 18.5 Å². The highest BCUT2D eigenvalue weighted by molar-refractivity contribution is 5.80. The smallest absolute Gasteiger partial charge is 0.226 e. The minimum atomic E-state index is 0.225. The van der Waals surface area contributed by atoms with Crippen LogP contribution in [0.15, 0.2) is 0 Å². The first kappa shape index (κ1) is 13.9. The summed E-state index contributed by atoms with van der Waals surface area (Å²) in [6.45, 7) is 6.15. The van der Waals surface area contributed by atoms with Crippen molar-refractivity contribution >= 4 is 5.91 Å². The predicted molar refractivity (Wildman–Crippen MR) is 74.1 cm³/mol. The van der Waals surface area contributed by atoms with Crippen LogP contribution in [0.2, 0.25) is 0 Å². The van der Waals surface area contributed by atoms with Gasteiger partial charge in [-0.2, -0.15) is 0 Å². The molecule has 1 heterocycles. The second-order valence-corrected chi connectivity index (χ2v) is 6.49. The van der Waals surface area contributed by atoms with Crippen LogP contribution in [0.3, 0.4) is 0 Å². The van der Waals surface area contributed by atoms with Gasteiger partial charge in [0.25, 0.3) is 0 Å². The van der Waals surface area contributed by atoms with Gasteiger partial charge in [-0.3, -0.25) is 4.79 Å². The zero-order valence-corrected chi connectivity index (χ0v) is 11.9. The summed E-state index contributed by atoms with van der Waals surface area (Å²) >= 11 is 0. The number of nitrogens with two attached hydrogens (primary N) is 1. The molecule has 2 aliphatic rings. The highest BCUT2D eigenvalue weighted by Crippen LogP contribution is 2.35. The second kappa shape index (κ2) is 6.05. The maximum absolute atomic E-state index is 12.7. The van der Waals surface area contributed by atoms with E-state index in [4.69, 9.17) is 5.73 Å². The fourth-order valence-electron chi connectivity index (χ4n) is 3.77. The van der Waals surface area contributed by atoms with Gasteiger partial charge in [0.05, 0.1) is 0 Å². The standard InChI is InChI=1S/C15H28N2O/c1-11(2)9-13-6-4-8-17(13)15(18)14-7-3-5-12(14)10-16/h11-14H,3-10,16H2,1-2H3/t12-,13?,14-/m1/s1. The van der Waals surface area contributed by atoms with Crippen LogP contribution in [-0.2, 0) is 4.79 Å². The number of nitrogens with zero attached hydrogens (tertiary/aromatic N) is 1. The minimum Gasteiger partial charge on any atom is -0.339 e. The van der Waals surface area contributed by atoms with Crippen LogP contribution < -0.4 is 5.73 Å². The highest BCUT2D eigenvalue weighted by Gasteiger charge is 2.38. The fourth-order valence-corrected chi connectivity index (χ4v) is 3.77. The number of carbonyl (C=O) groups is 1. The zero-order chi connectivity index (χ0) is 13.1. The van der Waals surface area contributed by atoms with E-state index in [0.29, 0.717) is 30.3 Å². The molecule has 2 rings (SSSR count). The van der Waals surface area contributed by atoms with Crippen molar-refractivity contribution in [3.05, 3.63) is 0 Å². The van der Waals surface area contributed by atoms with E-state index in [1.807, 2.05) is 0 Å². The van der Waals surface area contributed by atoms with E-state index in [2.05, 4.69) is 18.7 Å². The van der Waals surface area contributed by atoms with Crippen LogP contribution in [0.4, 0.5) is 0 Å². The molecule has 3 nitrogen and oxygen atoms in total. The monoisotopic (exact) mass is 252 g/mol. The van der Waals surface area contributed by atoms with Gasteiger partial charge in [0.15, 0.2) is 0 Å². The Balaban J connectivity index is 1.99. The van der Waals surface area contributed by atoms with E-state index in [0.717, 1.165) is 25.8 Å². The summed E-state index contributed by atoms with van der Waals surface area (Å²) in [7, 11) is 0. The van der Waals surface area contributed by atoms with Crippen LogP contribution in [0.5, 0.6) is 0 Å². The van der Waals surface area contributed by atoms with Crippen molar-refractivity contribution in [3.8, 4) is 0 Å². The number of hydrogen-bond donors (Lipinski definition) is 1. The lowest BCUT2D eigenvalue weighted by molar-refractivity contribution is -0.137. The van der Waals surface area contributed by atoms with Gasteiger partial charge in [-0.05, 0) is 50.5 Å². The predicted octanol–water partition coefficient (Wildman–Crippen LogP) is 2.40. The van der Waals surface area contributed by atoms with E-state index in [9.17, 15) is 4.79 Å². The molecule has 0 spiro atoms. The molecule has 3 atom stereocenters. The summed E-state index contributed by atoms with van der Waals surface area (Å²) < 4.78 is 0. The SMILES string of the molecule is CC(C)CC1CCCN1C(=O)[C@@H]1CCC[C@@H]1CN.